The van der Waals surface area contributed by atoms with Gasteiger partial charge < -0.3 is 10.1 Å². The number of hydrogen-bond donors (Lipinski definition) is 2. The smallest absolute Gasteiger partial charge is 0.325 e. The fraction of sp³-hybridized carbons (Fsp3) is 0.125. The first-order valence-corrected chi connectivity index (χ1v) is 8.65. The molecule has 0 aromatic heterocycles. The molecule has 138 valence electrons. The largest absolute Gasteiger partial charge is 0.468 e. The second kappa shape index (κ2) is 7.91. The second-order valence-electron chi connectivity index (χ2n) is 4.99. The van der Waals surface area contributed by atoms with Crippen molar-refractivity contribution in [3.63, 3.8) is 0 Å². The Labute approximate surface area is 148 Å². The van der Waals surface area contributed by atoms with E-state index >= 15 is 0 Å². The number of sulfonamides is 1. The molecule has 0 aliphatic rings. The van der Waals surface area contributed by atoms with Crippen molar-refractivity contribution in [2.75, 3.05) is 18.4 Å². The fourth-order valence-electron chi connectivity index (χ4n) is 1.96. The molecule has 2 aromatic carbocycles. The van der Waals surface area contributed by atoms with Crippen LogP contribution in [0.4, 0.5) is 14.5 Å². The number of rotatable bonds is 6. The zero-order valence-corrected chi connectivity index (χ0v) is 14.3. The zero-order chi connectivity index (χ0) is 19.3. The average Bonchev–Trinajstić information content (AvgIpc) is 2.59. The first-order chi connectivity index (χ1) is 12.2. The number of benzene rings is 2. The van der Waals surface area contributed by atoms with Crippen LogP contribution >= 0.6 is 0 Å². The van der Waals surface area contributed by atoms with Crippen molar-refractivity contribution in [1.82, 2.24) is 5.32 Å². The molecule has 0 unspecified atom stereocenters. The highest BCUT2D eigenvalue weighted by Gasteiger charge is 2.23. The molecular weight excluding hydrogens is 370 g/mol. The minimum Gasteiger partial charge on any atom is -0.468 e. The van der Waals surface area contributed by atoms with Gasteiger partial charge in [-0.25, -0.2) is 17.2 Å². The average molecular weight is 384 g/mol. The van der Waals surface area contributed by atoms with E-state index in [1.54, 1.807) is 0 Å². The van der Waals surface area contributed by atoms with E-state index in [-0.39, 0.29) is 17.8 Å². The molecule has 2 N–H and O–H groups in total. The van der Waals surface area contributed by atoms with Crippen LogP contribution in [0.25, 0.3) is 0 Å². The van der Waals surface area contributed by atoms with E-state index in [0.29, 0.717) is 0 Å². The van der Waals surface area contributed by atoms with Gasteiger partial charge in [0.1, 0.15) is 18.2 Å². The van der Waals surface area contributed by atoms with Gasteiger partial charge in [-0.2, -0.15) is 0 Å². The molecule has 26 heavy (non-hydrogen) atoms. The lowest BCUT2D eigenvalue weighted by atomic mass is 10.2. The lowest BCUT2D eigenvalue weighted by molar-refractivity contribution is -0.139. The summed E-state index contributed by atoms with van der Waals surface area (Å²) in [6, 6.07) is 7.74. The number of halogens is 2. The topological polar surface area (TPSA) is 102 Å². The van der Waals surface area contributed by atoms with Crippen LogP contribution in [0, 0.1) is 11.6 Å². The van der Waals surface area contributed by atoms with Gasteiger partial charge in [0.05, 0.1) is 7.11 Å². The Morgan fingerprint density at radius 3 is 2.15 bits per heavy atom. The third-order valence-electron chi connectivity index (χ3n) is 3.21. The summed E-state index contributed by atoms with van der Waals surface area (Å²) in [5, 5.41) is 2.31. The van der Waals surface area contributed by atoms with Crippen molar-refractivity contribution in [3.05, 3.63) is 59.7 Å². The van der Waals surface area contributed by atoms with E-state index in [4.69, 9.17) is 0 Å². The lowest BCUT2D eigenvalue weighted by Crippen LogP contribution is -2.30. The summed E-state index contributed by atoms with van der Waals surface area (Å²) >= 11 is 0. The summed E-state index contributed by atoms with van der Waals surface area (Å²) < 4.78 is 58.0. The highest BCUT2D eigenvalue weighted by Crippen LogP contribution is 2.22. The molecule has 0 atom stereocenters. The SMILES string of the molecule is COC(=O)CNC(=O)c1ccc(NS(=O)(=O)c2c(F)cccc2F)cc1. The Morgan fingerprint density at radius 1 is 1.04 bits per heavy atom. The van der Waals surface area contributed by atoms with Crippen LogP contribution in [0.3, 0.4) is 0 Å². The number of carbonyl (C=O) groups excluding carboxylic acids is 2. The summed E-state index contributed by atoms with van der Waals surface area (Å²) in [6.45, 7) is -0.323. The third-order valence-corrected chi connectivity index (χ3v) is 4.64. The van der Waals surface area contributed by atoms with Gasteiger partial charge in [-0.3, -0.25) is 14.3 Å². The van der Waals surface area contributed by atoms with Crippen LogP contribution in [-0.4, -0.2) is 33.9 Å². The van der Waals surface area contributed by atoms with Crippen molar-refractivity contribution >= 4 is 27.6 Å². The van der Waals surface area contributed by atoms with E-state index in [0.717, 1.165) is 18.2 Å². The van der Waals surface area contributed by atoms with Gasteiger partial charge >= 0.3 is 5.97 Å². The molecule has 7 nitrogen and oxygen atoms in total. The number of amides is 1. The molecule has 0 saturated heterocycles. The molecule has 2 rings (SSSR count). The lowest BCUT2D eigenvalue weighted by Gasteiger charge is -2.10. The quantitative estimate of drug-likeness (QED) is 0.738. The van der Waals surface area contributed by atoms with Gasteiger partial charge in [0.25, 0.3) is 15.9 Å². The molecule has 1 amide bonds. The molecule has 0 fully saturated rings. The van der Waals surface area contributed by atoms with Crippen LogP contribution in [0.15, 0.2) is 47.4 Å². The molecular formula is C16H14F2N2O5S. The fourth-order valence-corrected chi connectivity index (χ4v) is 3.16. The van der Waals surface area contributed by atoms with E-state index in [1.807, 2.05) is 4.72 Å². The Kier molecular flexibility index (Phi) is 5.88. The van der Waals surface area contributed by atoms with Gasteiger partial charge in [0, 0.05) is 11.3 Å². The van der Waals surface area contributed by atoms with Crippen LogP contribution in [-0.2, 0) is 19.6 Å². The number of hydrogen-bond acceptors (Lipinski definition) is 5. The number of ether oxygens (including phenoxy) is 1. The Balaban J connectivity index is 2.14. The standard InChI is InChI=1S/C16H14F2N2O5S/c1-25-14(21)9-19-16(22)10-5-7-11(8-6-10)20-26(23,24)15-12(17)3-2-4-13(15)18/h2-8,20H,9H2,1H3,(H,19,22). The molecule has 0 aliphatic carbocycles. The summed E-state index contributed by atoms with van der Waals surface area (Å²) in [5.74, 6) is -3.66. The van der Waals surface area contributed by atoms with Crippen molar-refractivity contribution in [1.29, 1.82) is 0 Å². The summed E-state index contributed by atoms with van der Waals surface area (Å²) in [7, 11) is -3.32. The van der Waals surface area contributed by atoms with Crippen LogP contribution < -0.4 is 10.0 Å². The predicted molar refractivity (Wildman–Crippen MR) is 88.0 cm³/mol. The van der Waals surface area contributed by atoms with E-state index in [9.17, 15) is 26.8 Å². The van der Waals surface area contributed by atoms with Crippen LogP contribution in [0.2, 0.25) is 0 Å². The van der Waals surface area contributed by atoms with Crippen molar-refractivity contribution in [2.45, 2.75) is 4.90 Å². The summed E-state index contributed by atoms with van der Waals surface area (Å²) in [5.41, 5.74) is 0.145. The maximum atomic E-state index is 13.6. The molecule has 0 radical (unpaired) electrons. The monoisotopic (exact) mass is 384 g/mol. The number of methoxy groups -OCH3 is 1. The van der Waals surface area contributed by atoms with Crippen LogP contribution in [0.5, 0.6) is 0 Å². The Hall–Kier alpha value is -3.01. The predicted octanol–water partition coefficient (Wildman–Crippen LogP) is 1.67. The van der Waals surface area contributed by atoms with Gasteiger partial charge in [-0.05, 0) is 36.4 Å². The number of carbonyl (C=O) groups is 2. The zero-order valence-electron chi connectivity index (χ0n) is 13.5. The first-order valence-electron chi connectivity index (χ1n) is 7.16. The van der Waals surface area contributed by atoms with Crippen LogP contribution in [0.1, 0.15) is 10.4 Å². The number of esters is 1. The van der Waals surface area contributed by atoms with E-state index in [2.05, 4.69) is 10.1 Å². The molecule has 0 saturated carbocycles. The Morgan fingerprint density at radius 2 is 1.62 bits per heavy atom. The Bertz CT molecular complexity index is 910. The van der Waals surface area contributed by atoms with Gasteiger partial charge in [-0.15, -0.1) is 0 Å². The molecule has 0 aliphatic heterocycles. The number of nitrogens with one attached hydrogen (secondary N) is 2. The van der Waals surface area contributed by atoms with Gasteiger partial charge in [-0.1, -0.05) is 6.07 Å². The number of anilines is 1. The third kappa shape index (κ3) is 4.54. The normalized spacial score (nSPS) is 10.9. The summed E-state index contributed by atoms with van der Waals surface area (Å²) in [4.78, 5) is 21.7. The maximum absolute atomic E-state index is 13.6. The highest BCUT2D eigenvalue weighted by molar-refractivity contribution is 7.92. The van der Waals surface area contributed by atoms with Gasteiger partial charge in [0.15, 0.2) is 4.90 Å². The van der Waals surface area contributed by atoms with Crippen molar-refractivity contribution in [2.24, 2.45) is 0 Å². The molecule has 0 bridgehead atoms. The molecule has 0 spiro atoms. The molecule has 10 heteroatoms. The first kappa shape index (κ1) is 19.3. The minimum atomic E-state index is -4.49. The molecule has 0 heterocycles. The second-order valence-corrected chi connectivity index (χ2v) is 6.61. The van der Waals surface area contributed by atoms with E-state index < -0.39 is 38.4 Å². The van der Waals surface area contributed by atoms with Gasteiger partial charge in [0.2, 0.25) is 0 Å². The van der Waals surface area contributed by atoms with E-state index in [1.165, 1.54) is 31.4 Å². The molecule has 2 aromatic rings. The van der Waals surface area contributed by atoms with Crippen molar-refractivity contribution in [3.8, 4) is 0 Å². The van der Waals surface area contributed by atoms with Crippen molar-refractivity contribution < 1.29 is 31.5 Å². The minimum absolute atomic E-state index is 0.00262. The maximum Gasteiger partial charge on any atom is 0.325 e. The highest BCUT2D eigenvalue weighted by atomic mass is 32.2. The summed E-state index contributed by atoms with van der Waals surface area (Å²) in [6.07, 6.45) is 0.